The zero-order valence-corrected chi connectivity index (χ0v) is 9.50. The molecule has 0 radical (unpaired) electrons. The number of ether oxygens (including phenoxy) is 1. The maximum absolute atomic E-state index is 13.2. The Kier molecular flexibility index (Phi) is 3.02. The summed E-state index contributed by atoms with van der Waals surface area (Å²) < 4.78 is 18.3. The van der Waals surface area contributed by atoms with Crippen molar-refractivity contribution in [1.82, 2.24) is 0 Å². The monoisotopic (exact) mass is 239 g/mol. The van der Waals surface area contributed by atoms with Crippen LogP contribution in [0.25, 0.3) is 0 Å². The first-order valence-electron chi connectivity index (χ1n) is 5.38. The SMILES string of the molecule is Cc1cc(F)cc(NC2(C(=O)O)CCOC2)c1. The van der Waals surface area contributed by atoms with Gasteiger partial charge in [-0.25, -0.2) is 9.18 Å². The van der Waals surface area contributed by atoms with Gasteiger partial charge in [-0.1, -0.05) is 0 Å². The fourth-order valence-corrected chi connectivity index (χ4v) is 1.97. The summed E-state index contributed by atoms with van der Waals surface area (Å²) in [5, 5.41) is 12.1. The number of aliphatic carboxylic acids is 1. The lowest BCUT2D eigenvalue weighted by Gasteiger charge is -2.25. The van der Waals surface area contributed by atoms with Crippen molar-refractivity contribution < 1.29 is 19.0 Å². The van der Waals surface area contributed by atoms with E-state index in [2.05, 4.69) is 5.32 Å². The minimum atomic E-state index is -1.14. The van der Waals surface area contributed by atoms with Crippen LogP contribution in [0.2, 0.25) is 0 Å². The Hall–Kier alpha value is -1.62. The predicted molar refractivity (Wildman–Crippen MR) is 60.6 cm³/mol. The maximum Gasteiger partial charge on any atom is 0.331 e. The Morgan fingerprint density at radius 1 is 1.53 bits per heavy atom. The molecule has 1 saturated heterocycles. The number of rotatable bonds is 3. The molecule has 1 aliphatic heterocycles. The highest BCUT2D eigenvalue weighted by Crippen LogP contribution is 2.25. The van der Waals surface area contributed by atoms with Gasteiger partial charge in [0, 0.05) is 18.7 Å². The largest absolute Gasteiger partial charge is 0.479 e. The summed E-state index contributed by atoms with van der Waals surface area (Å²) in [7, 11) is 0. The van der Waals surface area contributed by atoms with E-state index < -0.39 is 11.5 Å². The molecule has 4 nitrogen and oxygen atoms in total. The first-order chi connectivity index (χ1) is 8.02. The van der Waals surface area contributed by atoms with Gasteiger partial charge in [-0.15, -0.1) is 0 Å². The Bertz CT molecular complexity index is 421. The van der Waals surface area contributed by atoms with Crippen molar-refractivity contribution >= 4 is 11.7 Å². The van der Waals surface area contributed by atoms with Gasteiger partial charge in [-0.2, -0.15) is 0 Å². The van der Waals surface area contributed by atoms with Gasteiger partial charge < -0.3 is 15.2 Å². The van der Waals surface area contributed by atoms with Gasteiger partial charge in [0.15, 0.2) is 5.54 Å². The van der Waals surface area contributed by atoms with Gasteiger partial charge in [0.05, 0.1) is 6.61 Å². The van der Waals surface area contributed by atoms with Gasteiger partial charge in [-0.3, -0.25) is 0 Å². The van der Waals surface area contributed by atoms with E-state index in [-0.39, 0.29) is 12.4 Å². The molecule has 2 N–H and O–H groups in total. The Balaban J connectivity index is 2.26. The molecule has 1 aromatic carbocycles. The zero-order valence-electron chi connectivity index (χ0n) is 9.50. The number of hydrogen-bond acceptors (Lipinski definition) is 3. The molecule has 0 bridgehead atoms. The number of hydrogen-bond donors (Lipinski definition) is 2. The van der Waals surface area contributed by atoms with Crippen LogP contribution >= 0.6 is 0 Å². The number of carbonyl (C=O) groups is 1. The zero-order chi connectivity index (χ0) is 12.5. The molecule has 0 aliphatic carbocycles. The van der Waals surface area contributed by atoms with E-state index in [9.17, 15) is 14.3 Å². The standard InChI is InChI=1S/C12H14FNO3/c1-8-4-9(13)6-10(5-8)14-12(11(15)16)2-3-17-7-12/h4-6,14H,2-3,7H2,1H3,(H,15,16). The molecular weight excluding hydrogens is 225 g/mol. The molecule has 1 aliphatic rings. The lowest BCUT2D eigenvalue weighted by Crippen LogP contribution is -2.47. The van der Waals surface area contributed by atoms with Crippen molar-refractivity contribution in [2.24, 2.45) is 0 Å². The molecule has 1 heterocycles. The van der Waals surface area contributed by atoms with Crippen LogP contribution in [0, 0.1) is 12.7 Å². The van der Waals surface area contributed by atoms with Crippen molar-refractivity contribution in [1.29, 1.82) is 0 Å². The average Bonchev–Trinajstić information content (AvgIpc) is 2.65. The number of anilines is 1. The van der Waals surface area contributed by atoms with Gasteiger partial charge in [0.1, 0.15) is 5.82 Å². The molecule has 1 unspecified atom stereocenters. The van der Waals surface area contributed by atoms with Crippen molar-refractivity contribution in [3.63, 3.8) is 0 Å². The molecule has 0 amide bonds. The third-order valence-electron chi connectivity index (χ3n) is 2.86. The number of nitrogens with one attached hydrogen (secondary N) is 1. The van der Waals surface area contributed by atoms with Crippen LogP contribution in [-0.4, -0.2) is 29.8 Å². The summed E-state index contributed by atoms with van der Waals surface area (Å²) in [6.45, 7) is 2.25. The first-order valence-corrected chi connectivity index (χ1v) is 5.38. The highest BCUT2D eigenvalue weighted by atomic mass is 19.1. The Morgan fingerprint density at radius 2 is 2.29 bits per heavy atom. The van der Waals surface area contributed by atoms with E-state index in [1.54, 1.807) is 13.0 Å². The molecule has 1 fully saturated rings. The van der Waals surface area contributed by atoms with Crippen LogP contribution in [0.3, 0.4) is 0 Å². The number of aryl methyl sites for hydroxylation is 1. The number of halogens is 1. The van der Waals surface area contributed by atoms with E-state index in [0.29, 0.717) is 18.7 Å². The van der Waals surface area contributed by atoms with E-state index >= 15 is 0 Å². The number of carboxylic acids is 1. The lowest BCUT2D eigenvalue weighted by molar-refractivity contribution is -0.142. The molecule has 1 atom stereocenters. The van der Waals surface area contributed by atoms with Gasteiger partial charge in [0.2, 0.25) is 0 Å². The van der Waals surface area contributed by atoms with Crippen LogP contribution < -0.4 is 5.32 Å². The summed E-state index contributed by atoms with van der Waals surface area (Å²) in [4.78, 5) is 11.3. The average molecular weight is 239 g/mol. The molecular formula is C12H14FNO3. The van der Waals surface area contributed by atoms with Gasteiger partial charge in [-0.05, 0) is 30.7 Å². The topological polar surface area (TPSA) is 58.6 Å². The molecule has 0 spiro atoms. The van der Waals surface area contributed by atoms with E-state index in [1.165, 1.54) is 12.1 Å². The fourth-order valence-electron chi connectivity index (χ4n) is 1.97. The highest BCUT2D eigenvalue weighted by Gasteiger charge is 2.42. The summed E-state index contributed by atoms with van der Waals surface area (Å²) in [6.07, 6.45) is 0.373. The molecule has 1 aromatic rings. The summed E-state index contributed by atoms with van der Waals surface area (Å²) in [5.41, 5.74) is 0.0719. The maximum atomic E-state index is 13.2. The van der Waals surface area contributed by atoms with Gasteiger partial charge in [0.25, 0.3) is 0 Å². The minimum Gasteiger partial charge on any atom is -0.479 e. The predicted octanol–water partition coefficient (Wildman–Crippen LogP) is 1.79. The lowest BCUT2D eigenvalue weighted by atomic mass is 9.98. The van der Waals surface area contributed by atoms with Crippen LogP contribution in [0.5, 0.6) is 0 Å². The molecule has 92 valence electrons. The fraction of sp³-hybridized carbons (Fsp3) is 0.417. The van der Waals surface area contributed by atoms with Crippen LogP contribution in [-0.2, 0) is 9.53 Å². The number of benzene rings is 1. The second-order valence-corrected chi connectivity index (χ2v) is 4.33. The van der Waals surface area contributed by atoms with Crippen LogP contribution in [0.1, 0.15) is 12.0 Å². The third kappa shape index (κ3) is 2.39. The first kappa shape index (κ1) is 11.9. The van der Waals surface area contributed by atoms with E-state index in [0.717, 1.165) is 5.56 Å². The molecule has 0 aromatic heterocycles. The molecule has 2 rings (SSSR count). The second-order valence-electron chi connectivity index (χ2n) is 4.33. The quantitative estimate of drug-likeness (QED) is 0.844. The normalized spacial score (nSPS) is 23.6. The third-order valence-corrected chi connectivity index (χ3v) is 2.86. The number of carboxylic acid groups (broad SMARTS) is 1. The van der Waals surface area contributed by atoms with Crippen molar-refractivity contribution in [3.8, 4) is 0 Å². The molecule has 0 saturated carbocycles. The van der Waals surface area contributed by atoms with Gasteiger partial charge >= 0.3 is 5.97 Å². The Morgan fingerprint density at radius 3 is 2.82 bits per heavy atom. The van der Waals surface area contributed by atoms with E-state index in [4.69, 9.17) is 4.74 Å². The summed E-state index contributed by atoms with van der Waals surface area (Å²) >= 11 is 0. The smallest absolute Gasteiger partial charge is 0.331 e. The summed E-state index contributed by atoms with van der Waals surface area (Å²) in [5.74, 6) is -1.36. The van der Waals surface area contributed by atoms with Crippen LogP contribution in [0.15, 0.2) is 18.2 Å². The van der Waals surface area contributed by atoms with Crippen molar-refractivity contribution in [3.05, 3.63) is 29.6 Å². The van der Waals surface area contributed by atoms with E-state index in [1.807, 2.05) is 0 Å². The van der Waals surface area contributed by atoms with Crippen molar-refractivity contribution in [2.75, 3.05) is 18.5 Å². The molecule has 17 heavy (non-hydrogen) atoms. The summed E-state index contributed by atoms with van der Waals surface area (Å²) in [6, 6.07) is 4.39. The van der Waals surface area contributed by atoms with Crippen molar-refractivity contribution in [2.45, 2.75) is 18.9 Å². The second kappa shape index (κ2) is 4.33. The highest BCUT2D eigenvalue weighted by molar-refractivity contribution is 5.83. The Labute approximate surface area is 98.4 Å². The minimum absolute atomic E-state index is 0.0951. The molecule has 5 heteroatoms. The van der Waals surface area contributed by atoms with Crippen LogP contribution in [0.4, 0.5) is 10.1 Å².